The standard InChI is InChI=1S/C10H24O9P2/c1-9(2,7-18-20(11,12)13)5-17-6-10(3,4)8-19-21(14,15)16/h5-8H2,1-4H3,(H2,11,12,13)(H2,14,15,16). The van der Waals surface area contributed by atoms with Crippen LogP contribution in [0, 0.1) is 10.8 Å². The van der Waals surface area contributed by atoms with Gasteiger partial charge in [0.1, 0.15) is 0 Å². The van der Waals surface area contributed by atoms with Crippen LogP contribution in [0.5, 0.6) is 0 Å². The van der Waals surface area contributed by atoms with Crippen LogP contribution < -0.4 is 0 Å². The largest absolute Gasteiger partial charge is 0.469 e. The fourth-order valence-corrected chi connectivity index (χ4v) is 2.24. The topological polar surface area (TPSA) is 143 Å². The SMILES string of the molecule is CC(C)(COCC(C)(C)COP(=O)(O)O)COP(=O)(O)O. The summed E-state index contributed by atoms with van der Waals surface area (Å²) in [4.78, 5) is 34.6. The van der Waals surface area contributed by atoms with E-state index in [4.69, 9.17) is 24.3 Å². The second-order valence-electron chi connectivity index (χ2n) is 6.35. The molecule has 0 rings (SSSR count). The van der Waals surface area contributed by atoms with Crippen molar-refractivity contribution in [2.75, 3.05) is 26.4 Å². The van der Waals surface area contributed by atoms with Crippen LogP contribution in [-0.4, -0.2) is 46.0 Å². The van der Waals surface area contributed by atoms with E-state index in [1.54, 1.807) is 27.7 Å². The molecule has 0 aromatic rings. The molecule has 0 spiro atoms. The van der Waals surface area contributed by atoms with Gasteiger partial charge in [-0.3, -0.25) is 9.05 Å². The predicted molar refractivity (Wildman–Crippen MR) is 74.4 cm³/mol. The highest BCUT2D eigenvalue weighted by molar-refractivity contribution is 7.46. The van der Waals surface area contributed by atoms with Gasteiger partial charge in [-0.25, -0.2) is 9.13 Å². The summed E-state index contributed by atoms with van der Waals surface area (Å²) >= 11 is 0. The van der Waals surface area contributed by atoms with E-state index in [1.807, 2.05) is 0 Å². The molecule has 0 fully saturated rings. The van der Waals surface area contributed by atoms with Crippen LogP contribution in [0.3, 0.4) is 0 Å². The lowest BCUT2D eigenvalue weighted by Crippen LogP contribution is -2.30. The molecule has 0 heterocycles. The highest BCUT2D eigenvalue weighted by Gasteiger charge is 2.28. The van der Waals surface area contributed by atoms with Gasteiger partial charge in [0, 0.05) is 10.8 Å². The molecule has 0 aliphatic carbocycles. The van der Waals surface area contributed by atoms with Gasteiger partial charge in [0.2, 0.25) is 0 Å². The van der Waals surface area contributed by atoms with Gasteiger partial charge in [-0.05, 0) is 0 Å². The van der Waals surface area contributed by atoms with E-state index in [9.17, 15) is 9.13 Å². The zero-order chi connectivity index (χ0) is 16.9. The van der Waals surface area contributed by atoms with Crippen molar-refractivity contribution in [2.45, 2.75) is 27.7 Å². The zero-order valence-corrected chi connectivity index (χ0v) is 14.3. The van der Waals surface area contributed by atoms with E-state index in [-0.39, 0.29) is 26.4 Å². The lowest BCUT2D eigenvalue weighted by molar-refractivity contribution is -0.0201. The lowest BCUT2D eigenvalue weighted by Gasteiger charge is -2.28. The second-order valence-corrected chi connectivity index (χ2v) is 8.83. The average molecular weight is 350 g/mol. The first kappa shape index (κ1) is 21.2. The number of ether oxygens (including phenoxy) is 1. The third-order valence-corrected chi connectivity index (χ3v) is 3.16. The van der Waals surface area contributed by atoms with Crippen molar-refractivity contribution in [2.24, 2.45) is 10.8 Å². The Balaban J connectivity index is 4.16. The number of phosphoric acid groups is 2. The molecule has 0 aromatic heterocycles. The van der Waals surface area contributed by atoms with Crippen LogP contribution in [0.25, 0.3) is 0 Å². The van der Waals surface area contributed by atoms with Gasteiger partial charge >= 0.3 is 15.6 Å². The molecule has 0 amide bonds. The summed E-state index contributed by atoms with van der Waals surface area (Å²) in [5.41, 5.74) is -1.25. The zero-order valence-electron chi connectivity index (χ0n) is 12.6. The predicted octanol–water partition coefficient (Wildman–Crippen LogP) is 1.27. The van der Waals surface area contributed by atoms with Gasteiger partial charge in [-0.15, -0.1) is 0 Å². The Morgan fingerprint density at radius 2 is 1.00 bits per heavy atom. The van der Waals surface area contributed by atoms with Crippen molar-refractivity contribution < 1.29 is 42.5 Å². The van der Waals surface area contributed by atoms with E-state index in [2.05, 4.69) is 9.05 Å². The fraction of sp³-hybridized carbons (Fsp3) is 1.00. The molecular weight excluding hydrogens is 326 g/mol. The molecule has 9 nitrogen and oxygen atoms in total. The number of rotatable bonds is 10. The molecule has 0 atom stereocenters. The van der Waals surface area contributed by atoms with Gasteiger partial charge in [0.25, 0.3) is 0 Å². The van der Waals surface area contributed by atoms with Crippen LogP contribution in [0.1, 0.15) is 27.7 Å². The normalized spacial score (nSPS) is 14.5. The highest BCUT2D eigenvalue weighted by Crippen LogP contribution is 2.39. The first-order valence-electron chi connectivity index (χ1n) is 6.10. The van der Waals surface area contributed by atoms with Crippen LogP contribution in [0.4, 0.5) is 0 Å². The summed E-state index contributed by atoms with van der Waals surface area (Å²) in [6.07, 6.45) is 0. The summed E-state index contributed by atoms with van der Waals surface area (Å²) < 4.78 is 35.5. The van der Waals surface area contributed by atoms with E-state index in [0.29, 0.717) is 0 Å². The van der Waals surface area contributed by atoms with Crippen molar-refractivity contribution >= 4 is 15.6 Å². The second kappa shape index (κ2) is 7.64. The Bertz CT molecular complexity index is 371. The van der Waals surface area contributed by atoms with Gasteiger partial charge in [-0.1, -0.05) is 27.7 Å². The number of phosphoric ester groups is 2. The molecule has 21 heavy (non-hydrogen) atoms. The maximum absolute atomic E-state index is 10.6. The molecule has 0 bridgehead atoms. The maximum Gasteiger partial charge on any atom is 0.469 e. The first-order chi connectivity index (χ1) is 9.12. The van der Waals surface area contributed by atoms with Crippen molar-refractivity contribution in [1.82, 2.24) is 0 Å². The molecule has 0 unspecified atom stereocenters. The van der Waals surface area contributed by atoms with Crippen molar-refractivity contribution in [3.8, 4) is 0 Å². The molecule has 4 N–H and O–H groups in total. The highest BCUT2D eigenvalue weighted by atomic mass is 31.2. The summed E-state index contributed by atoms with van der Waals surface area (Å²) in [5, 5.41) is 0. The monoisotopic (exact) mass is 350 g/mol. The number of hydrogen-bond donors (Lipinski definition) is 4. The Morgan fingerprint density at radius 1 is 0.714 bits per heavy atom. The van der Waals surface area contributed by atoms with E-state index < -0.39 is 26.5 Å². The van der Waals surface area contributed by atoms with Gasteiger partial charge < -0.3 is 24.3 Å². The molecule has 0 aliphatic heterocycles. The molecule has 0 aliphatic rings. The summed E-state index contributed by atoms with van der Waals surface area (Å²) in [6.45, 7) is 6.79. The minimum absolute atomic E-state index is 0.159. The van der Waals surface area contributed by atoms with Crippen molar-refractivity contribution in [3.05, 3.63) is 0 Å². The summed E-state index contributed by atoms with van der Waals surface area (Å²) in [7, 11) is -9.04. The number of hydrogen-bond acceptors (Lipinski definition) is 5. The summed E-state index contributed by atoms with van der Waals surface area (Å²) in [5.74, 6) is 0. The van der Waals surface area contributed by atoms with Crippen molar-refractivity contribution in [1.29, 1.82) is 0 Å². The average Bonchev–Trinajstić information content (AvgIpc) is 2.22. The molecule has 128 valence electrons. The smallest absolute Gasteiger partial charge is 0.380 e. The third kappa shape index (κ3) is 13.6. The Kier molecular flexibility index (Phi) is 7.70. The molecular formula is C10H24O9P2. The van der Waals surface area contributed by atoms with Gasteiger partial charge in [0.05, 0.1) is 26.4 Å². The minimum atomic E-state index is -4.52. The molecule has 0 saturated heterocycles. The van der Waals surface area contributed by atoms with Gasteiger partial charge in [0.15, 0.2) is 0 Å². The first-order valence-corrected chi connectivity index (χ1v) is 9.16. The minimum Gasteiger partial charge on any atom is -0.380 e. The molecule has 11 heteroatoms. The lowest BCUT2D eigenvalue weighted by atomic mass is 9.94. The Morgan fingerprint density at radius 3 is 1.24 bits per heavy atom. The van der Waals surface area contributed by atoms with Gasteiger partial charge in [-0.2, -0.15) is 0 Å². The van der Waals surface area contributed by atoms with E-state index >= 15 is 0 Å². The van der Waals surface area contributed by atoms with Crippen LogP contribution in [0.2, 0.25) is 0 Å². The van der Waals surface area contributed by atoms with E-state index in [1.165, 1.54) is 0 Å². The Labute approximate surface area is 124 Å². The Hall–Kier alpha value is 0.180. The quantitative estimate of drug-likeness (QED) is 0.428. The summed E-state index contributed by atoms with van der Waals surface area (Å²) in [6, 6.07) is 0. The molecule has 0 radical (unpaired) electrons. The molecule has 0 saturated carbocycles. The molecule has 0 aromatic carbocycles. The maximum atomic E-state index is 10.6. The van der Waals surface area contributed by atoms with Crippen LogP contribution >= 0.6 is 15.6 Å². The van der Waals surface area contributed by atoms with E-state index in [0.717, 1.165) is 0 Å². The van der Waals surface area contributed by atoms with Crippen LogP contribution in [0.15, 0.2) is 0 Å². The third-order valence-electron chi connectivity index (χ3n) is 2.23. The fourth-order valence-electron chi connectivity index (χ4n) is 1.20. The van der Waals surface area contributed by atoms with Crippen molar-refractivity contribution in [3.63, 3.8) is 0 Å². The van der Waals surface area contributed by atoms with Crippen LogP contribution in [-0.2, 0) is 22.9 Å².